The Bertz CT molecular complexity index is 1380. The highest BCUT2D eigenvalue weighted by atomic mass is 14.3. The first-order valence-electron chi connectivity index (χ1n) is 10.0. The molecule has 6 rings (SSSR count). The van der Waals surface area contributed by atoms with E-state index < -0.39 is 0 Å². The molecule has 0 unspecified atom stereocenters. The smallest absolute Gasteiger partial charge is 0.0574 e. The van der Waals surface area contributed by atoms with E-state index in [1.807, 2.05) is 0 Å². The molecule has 0 saturated carbocycles. The second kappa shape index (κ2) is 6.18. The Labute approximate surface area is 170 Å². The minimum atomic E-state index is -0.268. The molecule has 135 valence electrons. The first kappa shape index (κ1) is 16.3. The Morgan fingerprint density at radius 3 is 2.07 bits per heavy atom. The monoisotopic (exact) mass is 367 g/mol. The zero-order valence-corrected chi connectivity index (χ0v) is 16.0. The van der Waals surface area contributed by atoms with Gasteiger partial charge in [-0.2, -0.15) is 0 Å². The summed E-state index contributed by atoms with van der Waals surface area (Å²) < 4.78 is 0. The van der Waals surface area contributed by atoms with Gasteiger partial charge in [-0.3, -0.25) is 0 Å². The predicted octanol–water partition coefficient (Wildman–Crippen LogP) is 5.07. The summed E-state index contributed by atoms with van der Waals surface area (Å²) in [6, 6.07) is 35.8. The Morgan fingerprint density at radius 2 is 1.34 bits per heavy atom. The molecule has 1 radical (unpaired) electrons. The highest BCUT2D eigenvalue weighted by molar-refractivity contribution is 5.95. The molecular weight excluding hydrogens is 348 g/mol. The fourth-order valence-electron chi connectivity index (χ4n) is 4.74. The van der Waals surface area contributed by atoms with Crippen molar-refractivity contribution in [1.82, 2.24) is 0 Å². The van der Waals surface area contributed by atoms with E-state index in [-0.39, 0.29) is 5.41 Å². The van der Waals surface area contributed by atoms with Crippen LogP contribution in [0.15, 0.2) is 115 Å². The van der Waals surface area contributed by atoms with Gasteiger partial charge in [0.15, 0.2) is 0 Å². The van der Waals surface area contributed by atoms with Crippen molar-refractivity contribution in [3.63, 3.8) is 0 Å². The molecular formula is C29H19. The molecule has 0 aliphatic heterocycles. The van der Waals surface area contributed by atoms with Crippen molar-refractivity contribution in [2.24, 2.45) is 0 Å². The highest BCUT2D eigenvalue weighted by Crippen LogP contribution is 2.41. The van der Waals surface area contributed by atoms with Gasteiger partial charge in [0.05, 0.1) is 5.41 Å². The van der Waals surface area contributed by atoms with E-state index in [1.165, 1.54) is 43.5 Å². The van der Waals surface area contributed by atoms with Gasteiger partial charge >= 0.3 is 0 Å². The van der Waals surface area contributed by atoms with Crippen LogP contribution in [0.2, 0.25) is 0 Å². The van der Waals surface area contributed by atoms with Crippen molar-refractivity contribution in [2.45, 2.75) is 5.41 Å². The molecule has 4 aromatic carbocycles. The number of allylic oxidation sites excluding steroid dienone is 4. The van der Waals surface area contributed by atoms with E-state index in [0.717, 1.165) is 0 Å². The fourth-order valence-corrected chi connectivity index (χ4v) is 4.74. The molecule has 0 fully saturated rings. The van der Waals surface area contributed by atoms with E-state index in [2.05, 4.69) is 121 Å². The van der Waals surface area contributed by atoms with Crippen LogP contribution in [0, 0.1) is 6.07 Å². The molecule has 0 aromatic heterocycles. The van der Waals surface area contributed by atoms with Crippen molar-refractivity contribution in [3.05, 3.63) is 142 Å². The molecule has 29 heavy (non-hydrogen) atoms. The number of hydrogen-bond acceptors (Lipinski definition) is 0. The minimum Gasteiger partial charge on any atom is -0.0651 e. The average Bonchev–Trinajstić information content (AvgIpc) is 3.18. The second-order valence-corrected chi connectivity index (χ2v) is 7.76. The van der Waals surface area contributed by atoms with Crippen LogP contribution in [0.5, 0.6) is 0 Å². The van der Waals surface area contributed by atoms with Crippen LogP contribution < -0.4 is 10.4 Å². The largest absolute Gasteiger partial charge is 0.0651 e. The van der Waals surface area contributed by atoms with Gasteiger partial charge in [0, 0.05) is 0 Å². The van der Waals surface area contributed by atoms with Crippen LogP contribution in [-0.4, -0.2) is 0 Å². The van der Waals surface area contributed by atoms with Gasteiger partial charge in [-0.05, 0) is 61.7 Å². The SMILES string of the molecule is [c]1cc2ccccc2c2c1=C1C=CC(c3ccccc3)(c3ccccc3)C=C1C=2. The Kier molecular flexibility index (Phi) is 3.48. The van der Waals surface area contributed by atoms with Crippen molar-refractivity contribution in [2.75, 3.05) is 0 Å². The molecule has 2 aliphatic carbocycles. The van der Waals surface area contributed by atoms with Gasteiger partial charge in [0.25, 0.3) is 0 Å². The third kappa shape index (κ3) is 2.39. The molecule has 0 nitrogen and oxygen atoms in total. The van der Waals surface area contributed by atoms with Crippen molar-refractivity contribution < 1.29 is 0 Å². The maximum absolute atomic E-state index is 3.54. The molecule has 2 aliphatic rings. The quantitative estimate of drug-likeness (QED) is 0.464. The van der Waals surface area contributed by atoms with Gasteiger partial charge in [-0.25, -0.2) is 0 Å². The maximum atomic E-state index is 3.54. The van der Waals surface area contributed by atoms with E-state index in [1.54, 1.807) is 0 Å². The summed E-state index contributed by atoms with van der Waals surface area (Å²) in [7, 11) is 0. The number of hydrogen-bond donors (Lipinski definition) is 0. The summed E-state index contributed by atoms with van der Waals surface area (Å²) in [5.41, 5.74) is 4.85. The van der Waals surface area contributed by atoms with Crippen molar-refractivity contribution in [1.29, 1.82) is 0 Å². The first-order chi connectivity index (χ1) is 14.4. The van der Waals surface area contributed by atoms with Crippen LogP contribution >= 0.6 is 0 Å². The number of benzene rings is 4. The molecule has 4 aromatic rings. The molecule has 0 saturated heterocycles. The number of fused-ring (bicyclic) bond motifs is 4. The van der Waals surface area contributed by atoms with Crippen LogP contribution in [0.3, 0.4) is 0 Å². The van der Waals surface area contributed by atoms with Gasteiger partial charge < -0.3 is 0 Å². The summed E-state index contributed by atoms with van der Waals surface area (Å²) in [4.78, 5) is 0. The van der Waals surface area contributed by atoms with Crippen LogP contribution in [-0.2, 0) is 5.41 Å². The molecule has 0 spiro atoms. The van der Waals surface area contributed by atoms with Crippen LogP contribution in [0.25, 0.3) is 22.4 Å². The lowest BCUT2D eigenvalue weighted by Gasteiger charge is -2.32. The lowest BCUT2D eigenvalue weighted by molar-refractivity contribution is 0.808. The maximum Gasteiger partial charge on any atom is 0.0574 e. The lowest BCUT2D eigenvalue weighted by Crippen LogP contribution is -2.26. The highest BCUT2D eigenvalue weighted by Gasteiger charge is 2.33. The summed E-state index contributed by atoms with van der Waals surface area (Å²) in [5, 5.41) is 5.03. The van der Waals surface area contributed by atoms with E-state index >= 15 is 0 Å². The summed E-state index contributed by atoms with van der Waals surface area (Å²) >= 11 is 0. The normalized spacial score (nSPS) is 16.1. The van der Waals surface area contributed by atoms with Gasteiger partial charge in [0.1, 0.15) is 0 Å². The standard InChI is InChI=1S/C29H19/c1-3-10-23(11-4-1)29(24-12-5-2-6-13-24)18-17-26-22(20-29)19-28-25-14-8-7-9-21(25)15-16-27(26)28/h1-15,17-20H. The Balaban J connectivity index is 1.66. The third-order valence-electron chi connectivity index (χ3n) is 6.17. The predicted molar refractivity (Wildman–Crippen MR) is 121 cm³/mol. The summed E-state index contributed by atoms with van der Waals surface area (Å²) in [6.07, 6.45) is 9.41. The Hall–Kier alpha value is -3.64. The van der Waals surface area contributed by atoms with Crippen LogP contribution in [0.1, 0.15) is 11.1 Å². The topological polar surface area (TPSA) is 0 Å². The van der Waals surface area contributed by atoms with Gasteiger partial charge in [0.2, 0.25) is 0 Å². The molecule has 0 atom stereocenters. The van der Waals surface area contributed by atoms with E-state index in [0.29, 0.717) is 0 Å². The minimum absolute atomic E-state index is 0.268. The lowest BCUT2D eigenvalue weighted by atomic mass is 9.70. The zero-order chi connectivity index (χ0) is 19.3. The zero-order valence-electron chi connectivity index (χ0n) is 16.0. The van der Waals surface area contributed by atoms with E-state index in [4.69, 9.17) is 0 Å². The van der Waals surface area contributed by atoms with Gasteiger partial charge in [-0.1, -0.05) is 103 Å². The summed E-state index contributed by atoms with van der Waals surface area (Å²) in [5.74, 6) is 0. The van der Waals surface area contributed by atoms with Crippen LogP contribution in [0.4, 0.5) is 0 Å². The van der Waals surface area contributed by atoms with Crippen molar-refractivity contribution in [3.8, 4) is 0 Å². The molecule has 0 heteroatoms. The molecule has 0 bridgehead atoms. The van der Waals surface area contributed by atoms with Crippen molar-refractivity contribution >= 4 is 22.4 Å². The molecule has 0 heterocycles. The van der Waals surface area contributed by atoms with E-state index in [9.17, 15) is 0 Å². The first-order valence-corrected chi connectivity index (χ1v) is 10.0. The number of rotatable bonds is 2. The molecule has 0 N–H and O–H groups in total. The average molecular weight is 367 g/mol. The Morgan fingerprint density at radius 1 is 0.690 bits per heavy atom. The fraction of sp³-hybridized carbons (Fsp3) is 0.0345. The summed E-state index contributed by atoms with van der Waals surface area (Å²) in [6.45, 7) is 0. The molecule has 0 amide bonds. The van der Waals surface area contributed by atoms with Gasteiger partial charge in [-0.15, -0.1) is 0 Å². The second-order valence-electron chi connectivity index (χ2n) is 7.76. The third-order valence-corrected chi connectivity index (χ3v) is 6.17.